The Bertz CT molecular complexity index is 363. The first kappa shape index (κ1) is 12.4. The standard InChI is InChI=1S/C12H16BrNO/c1-8(2)9-4-10(6-11(13)5-9)12(15)7-14-3/h4-6,12,14-15H,1,7H2,2-3H3. The monoisotopic (exact) mass is 269 g/mol. The van der Waals surface area contributed by atoms with E-state index in [0.717, 1.165) is 21.2 Å². The highest BCUT2D eigenvalue weighted by molar-refractivity contribution is 9.10. The molecule has 0 aliphatic rings. The molecule has 1 unspecified atom stereocenters. The van der Waals surface area contributed by atoms with Gasteiger partial charge in [0.25, 0.3) is 0 Å². The summed E-state index contributed by atoms with van der Waals surface area (Å²) in [4.78, 5) is 0. The number of halogens is 1. The molecule has 0 aliphatic heterocycles. The molecule has 0 fully saturated rings. The van der Waals surface area contributed by atoms with Crippen LogP contribution in [0.2, 0.25) is 0 Å². The fourth-order valence-electron chi connectivity index (χ4n) is 1.36. The van der Waals surface area contributed by atoms with Gasteiger partial charge >= 0.3 is 0 Å². The minimum absolute atomic E-state index is 0.481. The van der Waals surface area contributed by atoms with Crippen molar-refractivity contribution in [3.8, 4) is 0 Å². The third-order valence-electron chi connectivity index (χ3n) is 2.20. The molecule has 82 valence electrons. The third-order valence-corrected chi connectivity index (χ3v) is 2.65. The Morgan fingerprint density at radius 1 is 1.53 bits per heavy atom. The molecule has 0 amide bonds. The molecule has 1 rings (SSSR count). The lowest BCUT2D eigenvalue weighted by molar-refractivity contribution is 0.177. The normalized spacial score (nSPS) is 12.5. The van der Waals surface area contributed by atoms with Crippen molar-refractivity contribution in [2.75, 3.05) is 13.6 Å². The summed E-state index contributed by atoms with van der Waals surface area (Å²) in [7, 11) is 1.82. The maximum Gasteiger partial charge on any atom is 0.0914 e. The number of benzene rings is 1. The van der Waals surface area contributed by atoms with E-state index >= 15 is 0 Å². The van der Waals surface area contributed by atoms with E-state index in [0.29, 0.717) is 6.54 Å². The van der Waals surface area contributed by atoms with Crippen molar-refractivity contribution in [3.63, 3.8) is 0 Å². The molecular formula is C12H16BrNO. The molecule has 1 aromatic rings. The predicted octanol–water partition coefficient (Wildman–Crippen LogP) is 2.74. The topological polar surface area (TPSA) is 32.3 Å². The van der Waals surface area contributed by atoms with E-state index in [2.05, 4.69) is 27.8 Å². The lowest BCUT2D eigenvalue weighted by Crippen LogP contribution is -2.16. The van der Waals surface area contributed by atoms with Crippen LogP contribution in [0.25, 0.3) is 5.57 Å². The molecule has 0 heterocycles. The van der Waals surface area contributed by atoms with E-state index in [1.807, 2.05) is 32.2 Å². The Hall–Kier alpha value is -0.640. The number of aliphatic hydroxyl groups excluding tert-OH is 1. The van der Waals surface area contributed by atoms with Gasteiger partial charge in [-0.05, 0) is 43.3 Å². The summed E-state index contributed by atoms with van der Waals surface area (Å²) in [6.45, 7) is 6.40. The molecule has 0 spiro atoms. The zero-order chi connectivity index (χ0) is 11.4. The second kappa shape index (κ2) is 5.45. The Kier molecular flexibility index (Phi) is 4.51. The fraction of sp³-hybridized carbons (Fsp3) is 0.333. The van der Waals surface area contributed by atoms with Gasteiger partial charge in [-0.2, -0.15) is 0 Å². The SMILES string of the molecule is C=C(C)c1cc(Br)cc(C(O)CNC)c1. The van der Waals surface area contributed by atoms with Crippen LogP contribution in [-0.2, 0) is 0 Å². The number of allylic oxidation sites excluding steroid dienone is 1. The number of nitrogens with one attached hydrogen (secondary N) is 1. The van der Waals surface area contributed by atoms with Gasteiger partial charge in [0.2, 0.25) is 0 Å². The van der Waals surface area contributed by atoms with Gasteiger partial charge in [0, 0.05) is 11.0 Å². The maximum absolute atomic E-state index is 9.84. The smallest absolute Gasteiger partial charge is 0.0914 e. The minimum Gasteiger partial charge on any atom is -0.387 e. The average Bonchev–Trinajstić information content (AvgIpc) is 2.17. The van der Waals surface area contributed by atoms with Crippen molar-refractivity contribution < 1.29 is 5.11 Å². The van der Waals surface area contributed by atoms with Gasteiger partial charge in [-0.25, -0.2) is 0 Å². The summed E-state index contributed by atoms with van der Waals surface area (Å²) in [5.41, 5.74) is 2.94. The number of rotatable bonds is 4. The predicted molar refractivity (Wildman–Crippen MR) is 67.7 cm³/mol. The summed E-state index contributed by atoms with van der Waals surface area (Å²) in [6.07, 6.45) is -0.481. The molecule has 1 atom stereocenters. The molecule has 0 bridgehead atoms. The van der Waals surface area contributed by atoms with Gasteiger partial charge in [0.15, 0.2) is 0 Å². The molecule has 3 heteroatoms. The molecule has 1 aromatic carbocycles. The van der Waals surface area contributed by atoms with Gasteiger partial charge < -0.3 is 10.4 Å². The van der Waals surface area contributed by atoms with Crippen molar-refractivity contribution in [3.05, 3.63) is 40.4 Å². The van der Waals surface area contributed by atoms with Crippen LogP contribution in [0, 0.1) is 0 Å². The van der Waals surface area contributed by atoms with E-state index < -0.39 is 6.10 Å². The molecule has 0 saturated heterocycles. The van der Waals surface area contributed by atoms with E-state index in [9.17, 15) is 5.11 Å². The first-order chi connectivity index (χ1) is 7.04. The molecule has 0 radical (unpaired) electrons. The van der Waals surface area contributed by atoms with Gasteiger partial charge in [0.1, 0.15) is 0 Å². The molecular weight excluding hydrogens is 254 g/mol. The van der Waals surface area contributed by atoms with Gasteiger partial charge in [-0.15, -0.1) is 0 Å². The average molecular weight is 270 g/mol. The van der Waals surface area contributed by atoms with Gasteiger partial charge in [-0.3, -0.25) is 0 Å². The maximum atomic E-state index is 9.84. The van der Waals surface area contributed by atoms with E-state index in [4.69, 9.17) is 0 Å². The second-order valence-electron chi connectivity index (χ2n) is 3.63. The molecule has 2 N–H and O–H groups in total. The Morgan fingerprint density at radius 2 is 2.20 bits per heavy atom. The van der Waals surface area contributed by atoms with Crippen molar-refractivity contribution in [2.45, 2.75) is 13.0 Å². The number of likely N-dealkylation sites (N-methyl/N-ethyl adjacent to an activating group) is 1. The first-order valence-corrected chi connectivity index (χ1v) is 5.63. The number of aliphatic hydroxyl groups is 1. The highest BCUT2D eigenvalue weighted by Gasteiger charge is 2.08. The lowest BCUT2D eigenvalue weighted by Gasteiger charge is -2.12. The Balaban J connectivity index is 3.03. The quantitative estimate of drug-likeness (QED) is 0.881. The van der Waals surface area contributed by atoms with Crippen molar-refractivity contribution in [2.24, 2.45) is 0 Å². The van der Waals surface area contributed by atoms with E-state index in [-0.39, 0.29) is 0 Å². The van der Waals surface area contributed by atoms with E-state index in [1.165, 1.54) is 0 Å². The van der Waals surface area contributed by atoms with Crippen LogP contribution < -0.4 is 5.32 Å². The van der Waals surface area contributed by atoms with Crippen molar-refractivity contribution >= 4 is 21.5 Å². The molecule has 0 saturated carbocycles. The van der Waals surface area contributed by atoms with Crippen molar-refractivity contribution in [1.29, 1.82) is 0 Å². The zero-order valence-electron chi connectivity index (χ0n) is 9.05. The number of hydrogen-bond acceptors (Lipinski definition) is 2. The molecule has 15 heavy (non-hydrogen) atoms. The minimum atomic E-state index is -0.481. The van der Waals surface area contributed by atoms with Crippen molar-refractivity contribution in [1.82, 2.24) is 5.32 Å². The Morgan fingerprint density at radius 3 is 2.73 bits per heavy atom. The highest BCUT2D eigenvalue weighted by atomic mass is 79.9. The lowest BCUT2D eigenvalue weighted by atomic mass is 10.0. The summed E-state index contributed by atoms with van der Waals surface area (Å²) in [6, 6.07) is 5.89. The largest absolute Gasteiger partial charge is 0.387 e. The zero-order valence-corrected chi connectivity index (χ0v) is 10.6. The van der Waals surface area contributed by atoms with Crippen LogP contribution in [0.4, 0.5) is 0 Å². The van der Waals surface area contributed by atoms with Gasteiger partial charge in [-0.1, -0.05) is 28.1 Å². The Labute approximate surface area is 99.1 Å². The van der Waals surface area contributed by atoms with Crippen LogP contribution >= 0.6 is 15.9 Å². The van der Waals surface area contributed by atoms with E-state index in [1.54, 1.807) is 0 Å². The highest BCUT2D eigenvalue weighted by Crippen LogP contribution is 2.24. The summed E-state index contributed by atoms with van der Waals surface area (Å²) in [5.74, 6) is 0. The van der Waals surface area contributed by atoms with Crippen LogP contribution in [0.1, 0.15) is 24.2 Å². The first-order valence-electron chi connectivity index (χ1n) is 4.83. The summed E-state index contributed by atoms with van der Waals surface area (Å²) >= 11 is 3.43. The molecule has 0 aliphatic carbocycles. The third kappa shape index (κ3) is 3.45. The van der Waals surface area contributed by atoms with Crippen LogP contribution in [0.15, 0.2) is 29.3 Å². The molecule has 2 nitrogen and oxygen atoms in total. The molecule has 0 aromatic heterocycles. The fourth-order valence-corrected chi connectivity index (χ4v) is 1.87. The van der Waals surface area contributed by atoms with Gasteiger partial charge in [0.05, 0.1) is 6.10 Å². The number of hydrogen-bond donors (Lipinski definition) is 2. The van der Waals surface area contributed by atoms with Crippen LogP contribution in [-0.4, -0.2) is 18.7 Å². The summed E-state index contributed by atoms with van der Waals surface area (Å²) in [5, 5.41) is 12.8. The van der Waals surface area contributed by atoms with Crippen LogP contribution in [0.5, 0.6) is 0 Å². The summed E-state index contributed by atoms with van der Waals surface area (Å²) < 4.78 is 0.966. The second-order valence-corrected chi connectivity index (χ2v) is 4.54. The van der Waals surface area contributed by atoms with Crippen LogP contribution in [0.3, 0.4) is 0 Å².